The van der Waals surface area contributed by atoms with Gasteiger partial charge in [-0.1, -0.05) is 35.9 Å². The van der Waals surface area contributed by atoms with E-state index in [1.54, 1.807) is 36.4 Å². The van der Waals surface area contributed by atoms with Gasteiger partial charge in [-0.25, -0.2) is 4.79 Å². The molecule has 1 amide bonds. The molecule has 7 heteroatoms. The molecule has 0 aliphatic rings. The summed E-state index contributed by atoms with van der Waals surface area (Å²) in [5.41, 5.74) is 2.29. The van der Waals surface area contributed by atoms with Crippen molar-refractivity contribution < 1.29 is 29.2 Å². The summed E-state index contributed by atoms with van der Waals surface area (Å²) in [6.07, 6.45) is -1.72. The van der Waals surface area contributed by atoms with Gasteiger partial charge in [0.25, 0.3) is 0 Å². The van der Waals surface area contributed by atoms with Crippen LogP contribution in [0.3, 0.4) is 0 Å². The average Bonchev–Trinajstić information content (AvgIpc) is 2.72. The second-order valence-corrected chi connectivity index (χ2v) is 6.43. The van der Waals surface area contributed by atoms with E-state index in [1.807, 2.05) is 26.0 Å². The lowest BCUT2D eigenvalue weighted by molar-refractivity contribution is -0.0493. The second-order valence-electron chi connectivity index (χ2n) is 6.43. The summed E-state index contributed by atoms with van der Waals surface area (Å²) >= 11 is 0. The van der Waals surface area contributed by atoms with E-state index in [-0.39, 0.29) is 26.2 Å². The van der Waals surface area contributed by atoms with E-state index in [0.717, 1.165) is 5.56 Å². The molecule has 0 saturated heterocycles. The minimum Gasteiger partial charge on any atom is -0.491 e. The van der Waals surface area contributed by atoms with Crippen LogP contribution in [0.15, 0.2) is 48.5 Å². The fourth-order valence-electron chi connectivity index (χ4n) is 2.91. The first-order valence-corrected chi connectivity index (χ1v) is 9.68. The van der Waals surface area contributed by atoms with Crippen LogP contribution in [0.1, 0.15) is 30.6 Å². The number of carbonyl (C=O) groups excluding carboxylic acids is 1. The third-order valence-corrected chi connectivity index (χ3v) is 4.24. The van der Waals surface area contributed by atoms with Crippen LogP contribution in [0.5, 0.6) is 5.75 Å². The zero-order valence-corrected chi connectivity index (χ0v) is 16.8. The smallest absolute Gasteiger partial charge is 0.412 e. The van der Waals surface area contributed by atoms with E-state index in [0.29, 0.717) is 23.6 Å². The number of aliphatic hydroxyl groups is 2. The number of para-hydroxylation sites is 1. The highest BCUT2D eigenvalue weighted by molar-refractivity contribution is 5.84. The molecule has 2 atom stereocenters. The Morgan fingerprint density at radius 2 is 1.79 bits per heavy atom. The molecule has 0 heterocycles. The molecular formula is C22H29NO6. The van der Waals surface area contributed by atoms with Gasteiger partial charge in [-0.05, 0) is 32.0 Å². The maximum Gasteiger partial charge on any atom is 0.412 e. The Morgan fingerprint density at radius 1 is 1.07 bits per heavy atom. The number of hydrogen-bond donors (Lipinski definition) is 3. The fraction of sp³-hybridized carbons (Fsp3) is 0.409. The van der Waals surface area contributed by atoms with Gasteiger partial charge in [0.2, 0.25) is 0 Å². The Kier molecular flexibility index (Phi) is 9.43. The molecule has 7 nitrogen and oxygen atoms in total. The minimum atomic E-state index is -0.803. The van der Waals surface area contributed by atoms with Crippen molar-refractivity contribution in [2.24, 2.45) is 0 Å². The van der Waals surface area contributed by atoms with Crippen LogP contribution in [0.2, 0.25) is 0 Å². The lowest BCUT2D eigenvalue weighted by Crippen LogP contribution is -2.30. The number of aliphatic hydroxyl groups excluding tert-OH is 2. The Labute approximate surface area is 171 Å². The molecule has 0 aliphatic carbocycles. The number of aryl methyl sites for hydroxylation is 1. The monoisotopic (exact) mass is 403 g/mol. The van der Waals surface area contributed by atoms with Gasteiger partial charge in [0.15, 0.2) is 6.10 Å². The Balaban J connectivity index is 2.27. The Hall–Kier alpha value is -2.61. The molecule has 0 bridgehead atoms. The number of rotatable bonds is 11. The molecule has 2 aromatic carbocycles. The highest BCUT2D eigenvalue weighted by Crippen LogP contribution is 2.33. The van der Waals surface area contributed by atoms with Crippen LogP contribution in [-0.2, 0) is 9.47 Å². The number of hydrogen-bond acceptors (Lipinski definition) is 6. The van der Waals surface area contributed by atoms with E-state index >= 15 is 0 Å². The van der Waals surface area contributed by atoms with Gasteiger partial charge in [-0.15, -0.1) is 0 Å². The molecule has 0 fully saturated rings. The molecule has 0 spiro atoms. The van der Waals surface area contributed by atoms with Gasteiger partial charge in [-0.3, -0.25) is 5.32 Å². The van der Waals surface area contributed by atoms with E-state index in [2.05, 4.69) is 5.32 Å². The lowest BCUT2D eigenvalue weighted by atomic mass is 10.0. The average molecular weight is 403 g/mol. The Morgan fingerprint density at radius 3 is 2.45 bits per heavy atom. The molecule has 3 N–H and O–H groups in total. The van der Waals surface area contributed by atoms with Gasteiger partial charge in [0.05, 0.1) is 6.61 Å². The first kappa shape index (κ1) is 22.7. The van der Waals surface area contributed by atoms with Gasteiger partial charge in [0.1, 0.15) is 18.5 Å². The van der Waals surface area contributed by atoms with Crippen LogP contribution in [0, 0.1) is 6.92 Å². The highest BCUT2D eigenvalue weighted by atomic mass is 16.6. The molecule has 2 aromatic rings. The van der Waals surface area contributed by atoms with Gasteiger partial charge >= 0.3 is 6.09 Å². The quantitative estimate of drug-likeness (QED) is 0.532. The van der Waals surface area contributed by atoms with Crippen molar-refractivity contribution in [3.8, 4) is 5.75 Å². The van der Waals surface area contributed by atoms with Crippen LogP contribution in [-0.4, -0.2) is 48.8 Å². The van der Waals surface area contributed by atoms with Crippen molar-refractivity contribution >= 4 is 11.8 Å². The van der Waals surface area contributed by atoms with Crippen molar-refractivity contribution in [3.05, 3.63) is 59.7 Å². The number of nitrogens with one attached hydrogen (secondary N) is 1. The standard InChI is InChI=1S/C22H29NO6/c1-3-27-20(12-13-24)21(18-6-4-5-7-19(18)28-15-14-25)29-22(26)23-17-10-8-16(2)9-11-17/h4-11,20-21,24-25H,3,12-15H2,1-2H3,(H,23,26)/t20-,21-/m0/s1. The summed E-state index contributed by atoms with van der Waals surface area (Å²) in [6.45, 7) is 4.04. The summed E-state index contributed by atoms with van der Waals surface area (Å²) in [5, 5.41) is 21.3. The van der Waals surface area contributed by atoms with E-state index in [9.17, 15) is 9.90 Å². The van der Waals surface area contributed by atoms with Crippen LogP contribution in [0.4, 0.5) is 10.5 Å². The first-order chi connectivity index (χ1) is 14.1. The van der Waals surface area contributed by atoms with Crippen LogP contribution in [0.25, 0.3) is 0 Å². The number of ether oxygens (including phenoxy) is 3. The van der Waals surface area contributed by atoms with Gasteiger partial charge in [0, 0.05) is 30.9 Å². The summed E-state index contributed by atoms with van der Waals surface area (Å²) in [7, 11) is 0. The van der Waals surface area contributed by atoms with Crippen molar-refractivity contribution in [1.82, 2.24) is 0 Å². The van der Waals surface area contributed by atoms with Crippen molar-refractivity contribution in [2.75, 3.05) is 31.7 Å². The normalized spacial score (nSPS) is 12.8. The lowest BCUT2D eigenvalue weighted by Gasteiger charge is -2.28. The summed E-state index contributed by atoms with van der Waals surface area (Å²) < 4.78 is 17.1. The number of carbonyl (C=O) groups is 1. The molecule has 29 heavy (non-hydrogen) atoms. The molecule has 0 aromatic heterocycles. The molecule has 158 valence electrons. The molecule has 0 aliphatic heterocycles. The van der Waals surface area contributed by atoms with E-state index in [1.165, 1.54) is 0 Å². The second kappa shape index (κ2) is 12.1. The van der Waals surface area contributed by atoms with E-state index < -0.39 is 18.3 Å². The highest BCUT2D eigenvalue weighted by Gasteiger charge is 2.30. The maximum atomic E-state index is 12.6. The molecular weight excluding hydrogens is 374 g/mol. The zero-order valence-electron chi connectivity index (χ0n) is 16.8. The molecule has 0 radical (unpaired) electrons. The van der Waals surface area contributed by atoms with Crippen molar-refractivity contribution in [1.29, 1.82) is 0 Å². The number of benzene rings is 2. The largest absolute Gasteiger partial charge is 0.491 e. The van der Waals surface area contributed by atoms with Crippen molar-refractivity contribution in [2.45, 2.75) is 32.5 Å². The SMILES string of the molecule is CCO[C@@H](CCO)[C@@H](OC(=O)Nc1ccc(C)cc1)c1ccccc1OCCO. The predicted octanol–water partition coefficient (Wildman–Crippen LogP) is 3.44. The summed E-state index contributed by atoms with van der Waals surface area (Å²) in [6, 6.07) is 14.5. The van der Waals surface area contributed by atoms with Crippen molar-refractivity contribution in [3.63, 3.8) is 0 Å². The van der Waals surface area contributed by atoms with Crippen LogP contribution < -0.4 is 10.1 Å². The van der Waals surface area contributed by atoms with Gasteiger partial charge in [-0.2, -0.15) is 0 Å². The zero-order chi connectivity index (χ0) is 21.1. The third-order valence-electron chi connectivity index (χ3n) is 4.24. The van der Waals surface area contributed by atoms with Crippen LogP contribution >= 0.6 is 0 Å². The summed E-state index contributed by atoms with van der Waals surface area (Å²) in [5.74, 6) is 0.484. The first-order valence-electron chi connectivity index (χ1n) is 9.68. The topological polar surface area (TPSA) is 97.2 Å². The molecule has 2 rings (SSSR count). The maximum absolute atomic E-state index is 12.6. The number of anilines is 1. The Bertz CT molecular complexity index is 743. The van der Waals surface area contributed by atoms with Gasteiger partial charge < -0.3 is 24.4 Å². The predicted molar refractivity (Wildman–Crippen MR) is 110 cm³/mol. The minimum absolute atomic E-state index is 0.110. The third kappa shape index (κ3) is 7.05. The fourth-order valence-corrected chi connectivity index (χ4v) is 2.91. The van der Waals surface area contributed by atoms with E-state index in [4.69, 9.17) is 19.3 Å². The number of amides is 1. The molecule has 0 saturated carbocycles. The summed E-state index contributed by atoms with van der Waals surface area (Å²) in [4.78, 5) is 12.6. The molecule has 0 unspecified atom stereocenters.